The van der Waals surface area contributed by atoms with Gasteiger partial charge in [0.05, 0.1) is 12.2 Å². The molecule has 1 aliphatic heterocycles. The minimum Gasteiger partial charge on any atom is -0.458 e. The molecule has 0 radical (unpaired) electrons. The first-order valence-electron chi connectivity index (χ1n) is 6.97. The second kappa shape index (κ2) is 6.84. The van der Waals surface area contributed by atoms with Gasteiger partial charge in [-0.05, 0) is 18.2 Å². The maximum Gasteiger partial charge on any atom is 0.350 e. The molecular formula is C15H15N3O4S. The lowest BCUT2D eigenvalue weighted by Crippen LogP contribution is -2.26. The van der Waals surface area contributed by atoms with Crippen LogP contribution in [0.1, 0.15) is 15.7 Å². The molecule has 1 aromatic heterocycles. The van der Waals surface area contributed by atoms with E-state index in [0.717, 1.165) is 0 Å². The van der Waals surface area contributed by atoms with Crippen LogP contribution in [-0.2, 0) is 9.47 Å². The Labute approximate surface area is 136 Å². The number of esters is 1. The molecule has 1 aliphatic rings. The fourth-order valence-electron chi connectivity index (χ4n) is 2.12. The second-order valence-corrected chi connectivity index (χ2v) is 6.20. The molecule has 0 bridgehead atoms. The molecule has 2 aromatic rings. The fourth-order valence-corrected chi connectivity index (χ4v) is 3.23. The van der Waals surface area contributed by atoms with Crippen LogP contribution >= 0.6 is 11.8 Å². The van der Waals surface area contributed by atoms with E-state index in [1.165, 1.54) is 16.3 Å². The molecule has 2 atom stereocenters. The van der Waals surface area contributed by atoms with Gasteiger partial charge >= 0.3 is 11.7 Å². The van der Waals surface area contributed by atoms with Crippen LogP contribution in [0.5, 0.6) is 0 Å². The number of thioether (sulfide) groups is 1. The van der Waals surface area contributed by atoms with Gasteiger partial charge in [-0.1, -0.05) is 30.0 Å². The number of nitrogens with zero attached hydrogens (tertiary/aromatic N) is 2. The Balaban J connectivity index is 1.56. The first-order valence-corrected chi connectivity index (χ1v) is 7.91. The van der Waals surface area contributed by atoms with E-state index in [0.29, 0.717) is 12.2 Å². The minimum atomic E-state index is -0.423. The van der Waals surface area contributed by atoms with Crippen LogP contribution in [-0.4, -0.2) is 34.2 Å². The van der Waals surface area contributed by atoms with Crippen molar-refractivity contribution in [1.82, 2.24) is 9.55 Å². The lowest BCUT2D eigenvalue weighted by atomic mass is 10.2. The summed E-state index contributed by atoms with van der Waals surface area (Å²) < 4.78 is 12.3. The van der Waals surface area contributed by atoms with E-state index in [1.807, 2.05) is 6.07 Å². The Morgan fingerprint density at radius 1 is 1.39 bits per heavy atom. The molecule has 23 heavy (non-hydrogen) atoms. The molecule has 3 rings (SSSR count). The number of benzene rings is 1. The van der Waals surface area contributed by atoms with Gasteiger partial charge in [-0.25, -0.2) is 9.59 Å². The van der Waals surface area contributed by atoms with Gasteiger partial charge in [0.25, 0.3) is 0 Å². The predicted molar refractivity (Wildman–Crippen MR) is 86.0 cm³/mol. The maximum absolute atomic E-state index is 11.9. The number of ether oxygens (including phenoxy) is 2. The summed E-state index contributed by atoms with van der Waals surface area (Å²) in [5.74, 6) is -0.215. The Hall–Kier alpha value is -2.32. The van der Waals surface area contributed by atoms with Crippen molar-refractivity contribution in [2.24, 2.45) is 0 Å². The monoisotopic (exact) mass is 333 g/mol. The average Bonchev–Trinajstić information content (AvgIpc) is 3.02. The summed E-state index contributed by atoms with van der Waals surface area (Å²) in [6, 6.07) is 10.3. The smallest absolute Gasteiger partial charge is 0.350 e. The van der Waals surface area contributed by atoms with Crippen LogP contribution in [0.25, 0.3) is 0 Å². The van der Waals surface area contributed by atoms with Gasteiger partial charge in [-0.3, -0.25) is 4.57 Å². The van der Waals surface area contributed by atoms with Crippen LogP contribution in [0, 0.1) is 0 Å². The SMILES string of the molecule is Nc1ccn([C@H]2COC(COC(=O)c3ccccc3)S2)c(=O)n1. The largest absolute Gasteiger partial charge is 0.458 e. The highest BCUT2D eigenvalue weighted by Crippen LogP contribution is 2.34. The van der Waals surface area contributed by atoms with Crippen molar-refractivity contribution < 1.29 is 14.3 Å². The van der Waals surface area contributed by atoms with E-state index in [9.17, 15) is 9.59 Å². The van der Waals surface area contributed by atoms with E-state index in [4.69, 9.17) is 15.2 Å². The molecule has 120 valence electrons. The third-order valence-electron chi connectivity index (χ3n) is 3.26. The van der Waals surface area contributed by atoms with Gasteiger partial charge in [-0.15, -0.1) is 0 Å². The van der Waals surface area contributed by atoms with E-state index in [2.05, 4.69) is 4.98 Å². The zero-order chi connectivity index (χ0) is 16.2. The molecule has 0 spiro atoms. The van der Waals surface area contributed by atoms with Gasteiger partial charge in [0.2, 0.25) is 0 Å². The summed E-state index contributed by atoms with van der Waals surface area (Å²) in [5, 5.41) is -0.212. The summed E-state index contributed by atoms with van der Waals surface area (Å²) in [4.78, 5) is 27.4. The first-order chi connectivity index (χ1) is 11.1. The number of carbonyl (C=O) groups excluding carboxylic acids is 1. The molecule has 1 aromatic carbocycles. The Morgan fingerprint density at radius 2 is 2.17 bits per heavy atom. The minimum absolute atomic E-state index is 0.117. The van der Waals surface area contributed by atoms with Crippen LogP contribution < -0.4 is 11.4 Å². The molecule has 2 heterocycles. The molecule has 1 unspecified atom stereocenters. The quantitative estimate of drug-likeness (QED) is 0.842. The summed E-state index contributed by atoms with van der Waals surface area (Å²) in [6.07, 6.45) is 1.59. The highest BCUT2D eigenvalue weighted by Gasteiger charge is 2.29. The van der Waals surface area contributed by atoms with Crippen molar-refractivity contribution in [2.45, 2.75) is 10.8 Å². The normalized spacial score (nSPS) is 20.3. The summed E-state index contributed by atoms with van der Waals surface area (Å²) in [6.45, 7) is 0.454. The Bertz CT molecular complexity index is 750. The van der Waals surface area contributed by atoms with E-state index in [1.54, 1.807) is 36.5 Å². The molecule has 7 nitrogen and oxygen atoms in total. The highest BCUT2D eigenvalue weighted by molar-refractivity contribution is 8.00. The number of hydrogen-bond acceptors (Lipinski definition) is 7. The summed E-state index contributed by atoms with van der Waals surface area (Å²) in [7, 11) is 0. The van der Waals surface area contributed by atoms with E-state index in [-0.39, 0.29) is 23.2 Å². The van der Waals surface area contributed by atoms with Crippen LogP contribution in [0.15, 0.2) is 47.4 Å². The topological polar surface area (TPSA) is 96.4 Å². The van der Waals surface area contributed by atoms with Crippen LogP contribution in [0.4, 0.5) is 5.82 Å². The zero-order valence-electron chi connectivity index (χ0n) is 12.1. The van der Waals surface area contributed by atoms with Crippen molar-refractivity contribution in [3.8, 4) is 0 Å². The van der Waals surface area contributed by atoms with Gasteiger partial charge < -0.3 is 15.2 Å². The maximum atomic E-state index is 11.9. The number of anilines is 1. The number of nitrogen functional groups attached to an aromatic ring is 1. The summed E-state index contributed by atoms with van der Waals surface area (Å²) >= 11 is 1.40. The molecule has 0 amide bonds. The Morgan fingerprint density at radius 3 is 2.91 bits per heavy atom. The third kappa shape index (κ3) is 3.72. The first kappa shape index (κ1) is 15.6. The fraction of sp³-hybridized carbons (Fsp3) is 0.267. The molecule has 0 saturated carbocycles. The lowest BCUT2D eigenvalue weighted by molar-refractivity contribution is 0.0273. The van der Waals surface area contributed by atoms with E-state index < -0.39 is 11.7 Å². The van der Waals surface area contributed by atoms with Crippen LogP contribution in [0.2, 0.25) is 0 Å². The molecule has 0 aliphatic carbocycles. The number of nitrogens with two attached hydrogens (primary N) is 1. The average molecular weight is 333 g/mol. The second-order valence-electron chi connectivity index (χ2n) is 4.86. The van der Waals surface area contributed by atoms with Crippen molar-refractivity contribution in [3.05, 3.63) is 58.6 Å². The third-order valence-corrected chi connectivity index (χ3v) is 4.51. The van der Waals surface area contributed by atoms with Crippen LogP contribution in [0.3, 0.4) is 0 Å². The molecule has 1 fully saturated rings. The molecule has 2 N–H and O–H groups in total. The molecular weight excluding hydrogens is 318 g/mol. The number of rotatable bonds is 4. The Kier molecular flexibility index (Phi) is 4.63. The number of carbonyl (C=O) groups is 1. The molecule has 1 saturated heterocycles. The van der Waals surface area contributed by atoms with Gasteiger partial charge in [0.15, 0.2) is 0 Å². The van der Waals surface area contributed by atoms with Gasteiger partial charge in [0, 0.05) is 6.20 Å². The number of aromatic nitrogens is 2. The zero-order valence-corrected chi connectivity index (χ0v) is 12.9. The van der Waals surface area contributed by atoms with Gasteiger partial charge in [-0.2, -0.15) is 4.98 Å². The highest BCUT2D eigenvalue weighted by atomic mass is 32.2. The predicted octanol–water partition coefficient (Wildman–Crippen LogP) is 1.27. The molecule has 8 heteroatoms. The van der Waals surface area contributed by atoms with Crippen molar-refractivity contribution in [1.29, 1.82) is 0 Å². The number of hydrogen-bond donors (Lipinski definition) is 1. The van der Waals surface area contributed by atoms with Crippen molar-refractivity contribution in [3.63, 3.8) is 0 Å². The van der Waals surface area contributed by atoms with Crippen molar-refractivity contribution >= 4 is 23.5 Å². The summed E-state index contributed by atoms with van der Waals surface area (Å²) in [5.41, 5.74) is 5.22. The van der Waals surface area contributed by atoms with E-state index >= 15 is 0 Å². The van der Waals surface area contributed by atoms with Crippen molar-refractivity contribution in [2.75, 3.05) is 18.9 Å². The van der Waals surface area contributed by atoms with Gasteiger partial charge in [0.1, 0.15) is 23.2 Å². The standard InChI is InChI=1S/C15H15N3O4S/c16-11-6-7-18(15(20)17-11)12-8-21-13(23-12)9-22-14(19)10-4-2-1-3-5-10/h1-7,12-13H,8-9H2,(H2,16,17,20)/t12-,13?/m1/s1. The lowest BCUT2D eigenvalue weighted by Gasteiger charge is -2.12.